The fraction of sp³-hybridized carbons (Fsp3) is 0.522. The average molecular weight is 428 g/mol. The van der Waals surface area contributed by atoms with Crippen LogP contribution in [0.5, 0.6) is 5.75 Å². The highest BCUT2D eigenvalue weighted by Gasteiger charge is 2.30. The standard InChI is InChI=1S/C23H30FN5O2/c1-15(31-18-6-4-17(24)5-7-18)23(30)29-12-8-16(9-13-29)21-26-20-10-11-28(3)14-19(20)22(25-2)27-21/h4-7,15-16H,8-14H2,1-3H3,(H,25,26,27)/t15-/m0/s1. The van der Waals surface area contributed by atoms with Crippen LogP contribution in [0.4, 0.5) is 10.2 Å². The third-order valence-electron chi connectivity index (χ3n) is 6.15. The summed E-state index contributed by atoms with van der Waals surface area (Å²) in [7, 11) is 4.02. The summed E-state index contributed by atoms with van der Waals surface area (Å²) in [5.74, 6) is 2.17. The summed E-state index contributed by atoms with van der Waals surface area (Å²) in [4.78, 5) is 26.7. The lowest BCUT2D eigenvalue weighted by atomic mass is 9.94. The van der Waals surface area contributed by atoms with Gasteiger partial charge in [0.1, 0.15) is 23.2 Å². The van der Waals surface area contributed by atoms with Crippen LogP contribution < -0.4 is 10.1 Å². The lowest BCUT2D eigenvalue weighted by Crippen LogP contribution is -2.44. The first-order valence-corrected chi connectivity index (χ1v) is 10.9. The van der Waals surface area contributed by atoms with Gasteiger partial charge in [0.05, 0.1) is 5.69 Å². The summed E-state index contributed by atoms with van der Waals surface area (Å²) in [6.45, 7) is 4.91. The van der Waals surface area contributed by atoms with Crippen molar-refractivity contribution < 1.29 is 13.9 Å². The van der Waals surface area contributed by atoms with E-state index in [4.69, 9.17) is 14.7 Å². The van der Waals surface area contributed by atoms with Gasteiger partial charge in [-0.2, -0.15) is 0 Å². The van der Waals surface area contributed by atoms with E-state index in [9.17, 15) is 9.18 Å². The molecule has 1 aromatic heterocycles. The molecule has 0 spiro atoms. The first-order chi connectivity index (χ1) is 14.9. The van der Waals surface area contributed by atoms with Crippen molar-refractivity contribution in [3.63, 3.8) is 0 Å². The Morgan fingerprint density at radius 3 is 2.58 bits per heavy atom. The number of nitrogens with zero attached hydrogens (tertiary/aromatic N) is 4. The third-order valence-corrected chi connectivity index (χ3v) is 6.15. The summed E-state index contributed by atoms with van der Waals surface area (Å²) in [5, 5.41) is 3.24. The van der Waals surface area contributed by atoms with Crippen molar-refractivity contribution in [2.24, 2.45) is 0 Å². The number of benzene rings is 1. The van der Waals surface area contributed by atoms with Crippen LogP contribution in [-0.2, 0) is 17.8 Å². The van der Waals surface area contributed by atoms with Gasteiger partial charge < -0.3 is 19.9 Å². The third kappa shape index (κ3) is 4.79. The number of halogens is 1. The molecule has 1 atom stereocenters. The first-order valence-electron chi connectivity index (χ1n) is 10.9. The van der Waals surface area contributed by atoms with Crippen LogP contribution >= 0.6 is 0 Å². The smallest absolute Gasteiger partial charge is 0.263 e. The molecule has 0 aliphatic carbocycles. The molecule has 1 amide bonds. The number of piperidine rings is 1. The maximum atomic E-state index is 13.1. The zero-order valence-corrected chi connectivity index (χ0v) is 18.4. The second-order valence-electron chi connectivity index (χ2n) is 8.41. The Morgan fingerprint density at radius 2 is 1.90 bits per heavy atom. The molecular weight excluding hydrogens is 397 g/mol. The molecule has 2 aromatic rings. The molecule has 0 unspecified atom stereocenters. The fourth-order valence-corrected chi connectivity index (χ4v) is 4.34. The Bertz CT molecular complexity index is 911. The van der Waals surface area contributed by atoms with E-state index in [1.54, 1.807) is 6.92 Å². The van der Waals surface area contributed by atoms with E-state index in [0.717, 1.165) is 49.7 Å². The number of fused-ring (bicyclic) bond motifs is 1. The van der Waals surface area contributed by atoms with Crippen molar-refractivity contribution in [3.05, 3.63) is 47.2 Å². The molecule has 166 valence electrons. The number of ether oxygens (including phenoxy) is 1. The number of likely N-dealkylation sites (tertiary alicyclic amines) is 1. The zero-order chi connectivity index (χ0) is 22.0. The minimum absolute atomic E-state index is 0.0481. The Hall–Kier alpha value is -2.74. The summed E-state index contributed by atoms with van der Waals surface area (Å²) in [6, 6.07) is 5.73. The normalized spacial score (nSPS) is 18.4. The van der Waals surface area contributed by atoms with E-state index in [1.165, 1.54) is 29.8 Å². The molecule has 1 saturated heterocycles. The molecule has 8 heteroatoms. The number of hydrogen-bond acceptors (Lipinski definition) is 6. The highest BCUT2D eigenvalue weighted by molar-refractivity contribution is 5.81. The van der Waals surface area contributed by atoms with E-state index in [-0.39, 0.29) is 17.6 Å². The van der Waals surface area contributed by atoms with Crippen LogP contribution in [0.15, 0.2) is 24.3 Å². The van der Waals surface area contributed by atoms with Crippen molar-refractivity contribution in [1.29, 1.82) is 0 Å². The fourth-order valence-electron chi connectivity index (χ4n) is 4.34. The molecule has 0 bridgehead atoms. The van der Waals surface area contributed by atoms with Gasteiger partial charge in [-0.15, -0.1) is 0 Å². The Kier molecular flexibility index (Phi) is 6.36. The number of rotatable bonds is 5. The number of amides is 1. The molecule has 31 heavy (non-hydrogen) atoms. The maximum Gasteiger partial charge on any atom is 0.263 e. The predicted molar refractivity (Wildman–Crippen MR) is 117 cm³/mol. The number of likely N-dealkylation sites (N-methyl/N-ethyl adjacent to an activating group) is 1. The largest absolute Gasteiger partial charge is 0.481 e. The quantitative estimate of drug-likeness (QED) is 0.791. The number of nitrogens with one attached hydrogen (secondary N) is 1. The summed E-state index contributed by atoms with van der Waals surface area (Å²) >= 11 is 0. The topological polar surface area (TPSA) is 70.6 Å². The van der Waals surface area contributed by atoms with Gasteiger partial charge in [-0.1, -0.05) is 0 Å². The number of hydrogen-bond donors (Lipinski definition) is 1. The van der Waals surface area contributed by atoms with Gasteiger partial charge in [0.2, 0.25) is 0 Å². The van der Waals surface area contributed by atoms with Gasteiger partial charge in [0.25, 0.3) is 5.91 Å². The van der Waals surface area contributed by atoms with Crippen LogP contribution in [0.25, 0.3) is 0 Å². The number of carbonyl (C=O) groups excluding carboxylic acids is 1. The highest BCUT2D eigenvalue weighted by atomic mass is 19.1. The molecule has 7 nitrogen and oxygen atoms in total. The minimum atomic E-state index is -0.616. The SMILES string of the molecule is CNc1nc(C2CCN(C(=O)[C@H](C)Oc3ccc(F)cc3)CC2)nc2c1CN(C)CC2. The van der Waals surface area contributed by atoms with Gasteiger partial charge in [0, 0.05) is 51.1 Å². The first kappa shape index (κ1) is 21.5. The Balaban J connectivity index is 1.38. The van der Waals surface area contributed by atoms with E-state index < -0.39 is 6.10 Å². The summed E-state index contributed by atoms with van der Waals surface area (Å²) < 4.78 is 18.8. The van der Waals surface area contributed by atoms with Crippen LogP contribution in [0.3, 0.4) is 0 Å². The molecule has 2 aliphatic heterocycles. The molecule has 0 radical (unpaired) electrons. The van der Waals surface area contributed by atoms with Crippen LogP contribution in [0.2, 0.25) is 0 Å². The monoisotopic (exact) mass is 427 g/mol. The van der Waals surface area contributed by atoms with E-state index in [0.29, 0.717) is 18.8 Å². The van der Waals surface area contributed by atoms with Gasteiger partial charge in [-0.25, -0.2) is 14.4 Å². The summed E-state index contributed by atoms with van der Waals surface area (Å²) in [5.41, 5.74) is 2.34. The van der Waals surface area contributed by atoms with E-state index in [1.807, 2.05) is 11.9 Å². The number of aromatic nitrogens is 2. The molecule has 2 aliphatic rings. The molecule has 1 fully saturated rings. The van der Waals surface area contributed by atoms with Crippen molar-refractivity contribution in [2.45, 2.75) is 44.8 Å². The second kappa shape index (κ2) is 9.18. The van der Waals surface area contributed by atoms with Crippen LogP contribution in [-0.4, -0.2) is 65.5 Å². The van der Waals surface area contributed by atoms with Crippen molar-refractivity contribution in [1.82, 2.24) is 19.8 Å². The Labute approximate surface area is 182 Å². The Morgan fingerprint density at radius 1 is 1.19 bits per heavy atom. The van der Waals surface area contributed by atoms with Gasteiger partial charge >= 0.3 is 0 Å². The van der Waals surface area contributed by atoms with Crippen molar-refractivity contribution >= 4 is 11.7 Å². The molecule has 1 N–H and O–H groups in total. The maximum absolute atomic E-state index is 13.1. The average Bonchev–Trinajstić information content (AvgIpc) is 2.79. The lowest BCUT2D eigenvalue weighted by molar-refractivity contribution is -0.139. The predicted octanol–water partition coefficient (Wildman–Crippen LogP) is 2.82. The van der Waals surface area contributed by atoms with Gasteiger partial charge in [0.15, 0.2) is 6.10 Å². The van der Waals surface area contributed by atoms with Crippen LogP contribution in [0, 0.1) is 5.82 Å². The number of carbonyl (C=O) groups is 1. The highest BCUT2D eigenvalue weighted by Crippen LogP contribution is 2.30. The lowest BCUT2D eigenvalue weighted by Gasteiger charge is -2.33. The van der Waals surface area contributed by atoms with Crippen molar-refractivity contribution in [3.8, 4) is 5.75 Å². The van der Waals surface area contributed by atoms with Crippen LogP contribution in [0.1, 0.15) is 42.8 Å². The molecule has 1 aromatic carbocycles. The van der Waals surface area contributed by atoms with Crippen molar-refractivity contribution in [2.75, 3.05) is 39.0 Å². The minimum Gasteiger partial charge on any atom is -0.481 e. The van der Waals surface area contributed by atoms with E-state index >= 15 is 0 Å². The van der Waals surface area contributed by atoms with Gasteiger partial charge in [-0.3, -0.25) is 4.79 Å². The molecule has 3 heterocycles. The number of anilines is 1. The zero-order valence-electron chi connectivity index (χ0n) is 18.4. The van der Waals surface area contributed by atoms with E-state index in [2.05, 4.69) is 17.3 Å². The molecule has 4 rings (SSSR count). The molecular formula is C23H30FN5O2. The van der Waals surface area contributed by atoms with Gasteiger partial charge in [-0.05, 0) is 51.1 Å². The summed E-state index contributed by atoms with van der Waals surface area (Å²) in [6.07, 6.45) is 1.98. The second-order valence-corrected chi connectivity index (χ2v) is 8.41. The molecule has 0 saturated carbocycles.